The molecule has 1 aliphatic rings. The molecule has 0 spiro atoms. The van der Waals surface area contributed by atoms with Gasteiger partial charge in [0.15, 0.2) is 0 Å². The topological polar surface area (TPSA) is 12.0 Å². The van der Waals surface area contributed by atoms with E-state index < -0.39 is 0 Å². The zero-order chi connectivity index (χ0) is 12.3. The zero-order valence-electron chi connectivity index (χ0n) is 10.2. The van der Waals surface area contributed by atoms with Gasteiger partial charge in [-0.25, -0.2) is 4.39 Å². The fourth-order valence-electron chi connectivity index (χ4n) is 2.57. The summed E-state index contributed by atoms with van der Waals surface area (Å²) in [6.45, 7) is 4.19. The molecule has 17 heavy (non-hydrogen) atoms. The molecule has 94 valence electrons. The van der Waals surface area contributed by atoms with Gasteiger partial charge in [0, 0.05) is 6.54 Å². The summed E-state index contributed by atoms with van der Waals surface area (Å²) < 4.78 is 13.1. The number of benzene rings is 1. The van der Waals surface area contributed by atoms with Gasteiger partial charge in [0.2, 0.25) is 0 Å². The van der Waals surface area contributed by atoms with E-state index in [0.29, 0.717) is 5.41 Å². The predicted octanol–water partition coefficient (Wildman–Crippen LogP) is 3.80. The van der Waals surface area contributed by atoms with Crippen molar-refractivity contribution in [3.63, 3.8) is 0 Å². The van der Waals surface area contributed by atoms with Crippen LogP contribution in [-0.2, 0) is 6.42 Å². The average Bonchev–Trinajstić information content (AvgIpc) is 2.27. The van der Waals surface area contributed by atoms with Gasteiger partial charge in [-0.1, -0.05) is 31.0 Å². The van der Waals surface area contributed by atoms with Crippen LogP contribution in [0.2, 0.25) is 5.02 Å². The maximum atomic E-state index is 13.1. The maximum absolute atomic E-state index is 13.1. The van der Waals surface area contributed by atoms with Gasteiger partial charge in [-0.2, -0.15) is 0 Å². The van der Waals surface area contributed by atoms with Crippen LogP contribution in [0.3, 0.4) is 0 Å². The van der Waals surface area contributed by atoms with Gasteiger partial charge < -0.3 is 5.32 Å². The lowest BCUT2D eigenvalue weighted by molar-refractivity contribution is 0.131. The highest BCUT2D eigenvalue weighted by Crippen LogP contribution is 2.43. The van der Waals surface area contributed by atoms with E-state index in [1.54, 1.807) is 6.07 Å². The Bertz CT molecular complexity index is 388. The SMILES string of the molecule is CCNCC1(Cc2ccc(F)c(Cl)c2)CCC1. The molecule has 0 radical (unpaired) electrons. The van der Waals surface area contributed by atoms with E-state index in [1.165, 1.54) is 25.3 Å². The molecular weight excluding hydrogens is 237 g/mol. The normalized spacial score (nSPS) is 17.8. The first-order chi connectivity index (χ1) is 8.15. The molecule has 0 unspecified atom stereocenters. The van der Waals surface area contributed by atoms with E-state index in [2.05, 4.69) is 12.2 Å². The number of nitrogens with one attached hydrogen (secondary N) is 1. The molecule has 0 atom stereocenters. The van der Waals surface area contributed by atoms with Crippen LogP contribution in [0.4, 0.5) is 4.39 Å². The first kappa shape index (κ1) is 12.8. The average molecular weight is 256 g/mol. The molecule has 0 aromatic heterocycles. The number of halogens is 2. The molecule has 0 amide bonds. The Morgan fingerprint density at radius 3 is 2.71 bits per heavy atom. The van der Waals surface area contributed by atoms with Gasteiger partial charge in [-0.05, 0) is 48.9 Å². The summed E-state index contributed by atoms with van der Waals surface area (Å²) in [7, 11) is 0. The largest absolute Gasteiger partial charge is 0.316 e. The summed E-state index contributed by atoms with van der Waals surface area (Å²) in [6, 6.07) is 5.09. The fourth-order valence-corrected chi connectivity index (χ4v) is 2.77. The van der Waals surface area contributed by atoms with Crippen molar-refractivity contribution in [3.8, 4) is 0 Å². The van der Waals surface area contributed by atoms with Gasteiger partial charge >= 0.3 is 0 Å². The Morgan fingerprint density at radius 2 is 2.18 bits per heavy atom. The minimum Gasteiger partial charge on any atom is -0.316 e. The second-order valence-electron chi connectivity index (χ2n) is 5.06. The monoisotopic (exact) mass is 255 g/mol. The molecule has 1 nitrogen and oxygen atoms in total. The van der Waals surface area contributed by atoms with E-state index in [0.717, 1.165) is 25.1 Å². The van der Waals surface area contributed by atoms with Crippen molar-refractivity contribution in [2.45, 2.75) is 32.6 Å². The Hall–Kier alpha value is -0.600. The molecule has 3 heteroatoms. The third kappa shape index (κ3) is 2.99. The van der Waals surface area contributed by atoms with Crippen LogP contribution in [-0.4, -0.2) is 13.1 Å². The third-order valence-electron chi connectivity index (χ3n) is 3.73. The van der Waals surface area contributed by atoms with E-state index in [1.807, 2.05) is 6.07 Å². The highest BCUT2D eigenvalue weighted by molar-refractivity contribution is 6.30. The van der Waals surface area contributed by atoms with Crippen LogP contribution in [0.25, 0.3) is 0 Å². The van der Waals surface area contributed by atoms with Crippen molar-refractivity contribution in [2.75, 3.05) is 13.1 Å². The second-order valence-corrected chi connectivity index (χ2v) is 5.47. The Morgan fingerprint density at radius 1 is 1.41 bits per heavy atom. The standard InChI is InChI=1S/C14H19ClFN/c1-2-17-10-14(6-3-7-14)9-11-4-5-13(16)12(15)8-11/h4-5,8,17H,2-3,6-7,9-10H2,1H3. The Balaban J connectivity index is 2.05. The quantitative estimate of drug-likeness (QED) is 0.844. The van der Waals surface area contributed by atoms with Crippen LogP contribution >= 0.6 is 11.6 Å². The highest BCUT2D eigenvalue weighted by atomic mass is 35.5. The number of hydrogen-bond acceptors (Lipinski definition) is 1. The van der Waals surface area contributed by atoms with Gasteiger partial charge in [-0.15, -0.1) is 0 Å². The van der Waals surface area contributed by atoms with Crippen LogP contribution < -0.4 is 5.32 Å². The Kier molecular flexibility index (Phi) is 4.05. The lowest BCUT2D eigenvalue weighted by Gasteiger charge is -2.42. The summed E-state index contributed by atoms with van der Waals surface area (Å²) in [5.74, 6) is -0.329. The van der Waals surface area contributed by atoms with Crippen LogP contribution in [0.15, 0.2) is 18.2 Å². The molecule has 0 aliphatic heterocycles. The third-order valence-corrected chi connectivity index (χ3v) is 4.02. The van der Waals surface area contributed by atoms with Gasteiger partial charge in [0.1, 0.15) is 5.82 Å². The minimum atomic E-state index is -0.329. The first-order valence-corrected chi connectivity index (χ1v) is 6.68. The van der Waals surface area contributed by atoms with E-state index in [9.17, 15) is 4.39 Å². The summed E-state index contributed by atoms with van der Waals surface area (Å²) in [5, 5.41) is 3.67. The maximum Gasteiger partial charge on any atom is 0.141 e. The second kappa shape index (κ2) is 5.36. The van der Waals surface area contributed by atoms with Crippen molar-refractivity contribution >= 4 is 11.6 Å². The van der Waals surface area contributed by atoms with Crippen molar-refractivity contribution in [1.29, 1.82) is 0 Å². The van der Waals surface area contributed by atoms with E-state index in [4.69, 9.17) is 11.6 Å². The summed E-state index contributed by atoms with van der Waals surface area (Å²) >= 11 is 5.82. The number of rotatable bonds is 5. The summed E-state index contributed by atoms with van der Waals surface area (Å²) in [4.78, 5) is 0. The predicted molar refractivity (Wildman–Crippen MR) is 69.9 cm³/mol. The van der Waals surface area contributed by atoms with Gasteiger partial charge in [0.25, 0.3) is 0 Å². The lowest BCUT2D eigenvalue weighted by atomic mass is 9.65. The van der Waals surface area contributed by atoms with Crippen LogP contribution in [0.5, 0.6) is 0 Å². The fraction of sp³-hybridized carbons (Fsp3) is 0.571. The molecule has 1 fully saturated rings. The molecule has 2 rings (SSSR count). The van der Waals surface area contributed by atoms with Crippen molar-refractivity contribution in [3.05, 3.63) is 34.6 Å². The molecule has 1 aromatic carbocycles. The van der Waals surface area contributed by atoms with Crippen molar-refractivity contribution < 1.29 is 4.39 Å². The summed E-state index contributed by atoms with van der Waals surface area (Å²) in [6.07, 6.45) is 4.82. The number of hydrogen-bond donors (Lipinski definition) is 1. The van der Waals surface area contributed by atoms with E-state index >= 15 is 0 Å². The highest BCUT2D eigenvalue weighted by Gasteiger charge is 2.36. The van der Waals surface area contributed by atoms with Gasteiger partial charge in [0.05, 0.1) is 5.02 Å². The van der Waals surface area contributed by atoms with Crippen molar-refractivity contribution in [2.24, 2.45) is 5.41 Å². The van der Waals surface area contributed by atoms with Crippen LogP contribution in [0.1, 0.15) is 31.7 Å². The van der Waals surface area contributed by atoms with Crippen LogP contribution in [0, 0.1) is 11.2 Å². The molecule has 0 bridgehead atoms. The molecule has 1 aliphatic carbocycles. The molecule has 0 heterocycles. The van der Waals surface area contributed by atoms with Gasteiger partial charge in [-0.3, -0.25) is 0 Å². The summed E-state index contributed by atoms with van der Waals surface area (Å²) in [5.41, 5.74) is 1.52. The lowest BCUT2D eigenvalue weighted by Crippen LogP contribution is -2.41. The smallest absolute Gasteiger partial charge is 0.141 e. The molecule has 1 saturated carbocycles. The molecule has 1 aromatic rings. The molecule has 0 saturated heterocycles. The first-order valence-electron chi connectivity index (χ1n) is 6.30. The minimum absolute atomic E-state index is 0.237. The molecular formula is C14H19ClFN. The molecule has 1 N–H and O–H groups in total. The van der Waals surface area contributed by atoms with Crippen molar-refractivity contribution in [1.82, 2.24) is 5.32 Å². The Labute approximate surface area is 107 Å². The zero-order valence-corrected chi connectivity index (χ0v) is 11.0. The van der Waals surface area contributed by atoms with E-state index in [-0.39, 0.29) is 10.8 Å².